The Morgan fingerprint density at radius 1 is 1.70 bits per heavy atom. The van der Waals surface area contributed by atoms with E-state index in [0.29, 0.717) is 13.0 Å². The molecule has 10 heavy (non-hydrogen) atoms. The zero-order valence-corrected chi connectivity index (χ0v) is 6.73. The van der Waals surface area contributed by atoms with Crippen LogP contribution in [0.25, 0.3) is 0 Å². The molecule has 0 aromatic carbocycles. The Morgan fingerprint density at radius 3 is 2.70 bits per heavy atom. The van der Waals surface area contributed by atoms with Crippen molar-refractivity contribution in [2.24, 2.45) is 0 Å². The van der Waals surface area contributed by atoms with E-state index in [2.05, 4.69) is 5.32 Å². The lowest BCUT2D eigenvalue weighted by atomic mass is 10.3. The van der Waals surface area contributed by atoms with Crippen LogP contribution in [0, 0.1) is 0 Å². The minimum atomic E-state index is -0.725. The lowest BCUT2D eigenvalue weighted by molar-refractivity contribution is 0.0890. The average Bonchev–Trinajstić information content (AvgIpc) is 1.87. The fraction of sp³-hybridized carbons (Fsp3) is 0.800. The van der Waals surface area contributed by atoms with Crippen LogP contribution in [0.5, 0.6) is 0 Å². The van der Waals surface area contributed by atoms with Crippen molar-refractivity contribution in [2.75, 3.05) is 13.2 Å². The lowest BCUT2D eigenvalue weighted by Crippen LogP contribution is -2.23. The van der Waals surface area contributed by atoms with Gasteiger partial charge in [0.25, 0.3) is 0 Å². The van der Waals surface area contributed by atoms with Crippen molar-refractivity contribution in [2.45, 2.75) is 12.5 Å². The maximum atomic E-state index is 10.2. The highest BCUT2D eigenvalue weighted by atomic mass is 31.0. The number of carbonyl (C=O) groups is 1. The molecule has 0 aromatic rings. The summed E-state index contributed by atoms with van der Waals surface area (Å²) in [5, 5.41) is 19.6. The number of amides is 1. The summed E-state index contributed by atoms with van der Waals surface area (Å²) in [6.45, 7) is 0.136. The summed E-state index contributed by atoms with van der Waals surface area (Å²) in [4.78, 5) is 10.2. The van der Waals surface area contributed by atoms with Crippen LogP contribution in [0.15, 0.2) is 0 Å². The number of aliphatic hydroxyl groups is 2. The zero-order chi connectivity index (χ0) is 7.98. The van der Waals surface area contributed by atoms with Crippen molar-refractivity contribution in [1.82, 2.24) is 5.32 Å². The molecule has 0 radical (unpaired) electrons. The van der Waals surface area contributed by atoms with Gasteiger partial charge in [-0.1, -0.05) is 0 Å². The van der Waals surface area contributed by atoms with Crippen LogP contribution >= 0.6 is 9.24 Å². The standard InChI is InChI=1S/C5H12NO3P/c7-3-4(8)1-2-6-5(9)10/h4,7-8H,1-3,10H2,(H,6,9)/t4-/m0/s1. The second-order valence-electron chi connectivity index (χ2n) is 1.92. The van der Waals surface area contributed by atoms with Crippen LogP contribution in [0.4, 0.5) is 4.79 Å². The Kier molecular flexibility index (Phi) is 5.49. The molecule has 5 heteroatoms. The first-order valence-corrected chi connectivity index (χ1v) is 3.56. The van der Waals surface area contributed by atoms with Crippen LogP contribution in [-0.2, 0) is 0 Å². The highest BCUT2D eigenvalue weighted by molar-refractivity contribution is 7.39. The molecule has 0 aliphatic carbocycles. The third-order valence-corrected chi connectivity index (χ3v) is 1.19. The van der Waals surface area contributed by atoms with Gasteiger partial charge in [-0.3, -0.25) is 4.79 Å². The Balaban J connectivity index is 3.11. The van der Waals surface area contributed by atoms with Gasteiger partial charge in [-0.2, -0.15) is 0 Å². The van der Waals surface area contributed by atoms with E-state index in [0.717, 1.165) is 0 Å². The van der Waals surface area contributed by atoms with E-state index in [1.165, 1.54) is 0 Å². The van der Waals surface area contributed by atoms with E-state index in [1.54, 1.807) is 0 Å². The molecular weight excluding hydrogens is 153 g/mol. The first kappa shape index (κ1) is 9.82. The molecule has 60 valence electrons. The van der Waals surface area contributed by atoms with Gasteiger partial charge < -0.3 is 15.5 Å². The average molecular weight is 165 g/mol. The van der Waals surface area contributed by atoms with Gasteiger partial charge in [-0.05, 0) is 15.7 Å². The van der Waals surface area contributed by atoms with Crippen molar-refractivity contribution in [1.29, 1.82) is 0 Å². The molecule has 2 atom stereocenters. The molecule has 0 saturated heterocycles. The number of hydrogen-bond donors (Lipinski definition) is 3. The van der Waals surface area contributed by atoms with Gasteiger partial charge in [0.1, 0.15) is 0 Å². The topological polar surface area (TPSA) is 69.6 Å². The highest BCUT2D eigenvalue weighted by Gasteiger charge is 2.00. The molecule has 4 nitrogen and oxygen atoms in total. The van der Waals surface area contributed by atoms with Crippen molar-refractivity contribution in [3.05, 3.63) is 0 Å². The van der Waals surface area contributed by atoms with Crippen LogP contribution in [0.2, 0.25) is 0 Å². The molecule has 0 spiro atoms. The summed E-state index contributed by atoms with van der Waals surface area (Å²) in [5.41, 5.74) is -0.204. The molecule has 0 fully saturated rings. The van der Waals surface area contributed by atoms with E-state index in [4.69, 9.17) is 10.2 Å². The predicted octanol–water partition coefficient (Wildman–Crippen LogP) is -0.686. The summed E-state index contributed by atoms with van der Waals surface area (Å²) >= 11 is 0. The minimum Gasteiger partial charge on any atom is -0.394 e. The smallest absolute Gasteiger partial charge is 0.234 e. The summed E-state index contributed by atoms with van der Waals surface area (Å²) < 4.78 is 0. The number of rotatable bonds is 4. The second-order valence-corrected chi connectivity index (χ2v) is 2.44. The summed E-state index contributed by atoms with van der Waals surface area (Å²) in [6.07, 6.45) is -0.340. The van der Waals surface area contributed by atoms with Crippen molar-refractivity contribution in [3.63, 3.8) is 0 Å². The van der Waals surface area contributed by atoms with Crippen molar-refractivity contribution < 1.29 is 15.0 Å². The van der Waals surface area contributed by atoms with Crippen LogP contribution in [0.3, 0.4) is 0 Å². The Bertz CT molecular complexity index is 109. The first-order valence-electron chi connectivity index (χ1n) is 2.99. The Labute approximate surface area is 61.8 Å². The van der Waals surface area contributed by atoms with Gasteiger partial charge >= 0.3 is 0 Å². The molecule has 0 aromatic heterocycles. The molecule has 1 amide bonds. The molecule has 1 unspecified atom stereocenters. The predicted molar refractivity (Wildman–Crippen MR) is 40.8 cm³/mol. The maximum Gasteiger partial charge on any atom is 0.234 e. The largest absolute Gasteiger partial charge is 0.394 e. The number of nitrogens with one attached hydrogen (secondary N) is 1. The van der Waals surface area contributed by atoms with Gasteiger partial charge in [-0.25, -0.2) is 0 Å². The number of hydrogen-bond acceptors (Lipinski definition) is 3. The fourth-order valence-electron chi connectivity index (χ4n) is 0.453. The van der Waals surface area contributed by atoms with Gasteiger partial charge in [0.05, 0.1) is 12.7 Å². The van der Waals surface area contributed by atoms with E-state index < -0.39 is 6.10 Å². The normalized spacial score (nSPS) is 12.7. The third kappa shape index (κ3) is 5.95. The molecular formula is C5H12NO3P. The lowest BCUT2D eigenvalue weighted by Gasteiger charge is -2.05. The summed E-state index contributed by atoms with van der Waals surface area (Å²) in [5.74, 6) is 0. The fourth-order valence-corrected chi connectivity index (χ4v) is 0.598. The Morgan fingerprint density at radius 2 is 2.30 bits per heavy atom. The molecule has 3 N–H and O–H groups in total. The second kappa shape index (κ2) is 5.59. The molecule has 0 rings (SSSR count). The quantitative estimate of drug-likeness (QED) is 0.483. The number of aliphatic hydroxyl groups excluding tert-OH is 2. The molecule has 0 aliphatic heterocycles. The SMILES string of the molecule is O=C(P)NCC[C@H](O)CO. The van der Waals surface area contributed by atoms with E-state index in [1.807, 2.05) is 9.24 Å². The van der Waals surface area contributed by atoms with Gasteiger partial charge in [0, 0.05) is 6.54 Å². The van der Waals surface area contributed by atoms with Gasteiger partial charge in [0.2, 0.25) is 5.65 Å². The minimum absolute atomic E-state index is 0.204. The molecule has 0 aliphatic rings. The van der Waals surface area contributed by atoms with Crippen molar-refractivity contribution >= 4 is 14.9 Å². The van der Waals surface area contributed by atoms with E-state index in [9.17, 15) is 4.79 Å². The molecule has 0 heterocycles. The van der Waals surface area contributed by atoms with Gasteiger partial charge in [-0.15, -0.1) is 0 Å². The maximum absolute atomic E-state index is 10.2. The number of carbonyl (C=O) groups excluding carboxylic acids is 1. The Hall–Kier alpha value is -0.180. The summed E-state index contributed by atoms with van der Waals surface area (Å²) in [6, 6.07) is 0. The van der Waals surface area contributed by atoms with Crippen LogP contribution < -0.4 is 5.32 Å². The van der Waals surface area contributed by atoms with Crippen LogP contribution in [-0.4, -0.2) is 35.1 Å². The van der Waals surface area contributed by atoms with Crippen LogP contribution in [0.1, 0.15) is 6.42 Å². The molecule has 0 bridgehead atoms. The highest BCUT2D eigenvalue weighted by Crippen LogP contribution is 1.88. The van der Waals surface area contributed by atoms with Gasteiger partial charge in [0.15, 0.2) is 0 Å². The first-order chi connectivity index (χ1) is 4.66. The van der Waals surface area contributed by atoms with Crippen molar-refractivity contribution in [3.8, 4) is 0 Å². The monoisotopic (exact) mass is 165 g/mol. The third-order valence-electron chi connectivity index (χ3n) is 0.988. The van der Waals surface area contributed by atoms with E-state index in [-0.39, 0.29) is 12.3 Å². The van der Waals surface area contributed by atoms with E-state index >= 15 is 0 Å². The summed E-state index contributed by atoms with van der Waals surface area (Å²) in [7, 11) is 1.96. The zero-order valence-electron chi connectivity index (χ0n) is 5.58. The molecule has 0 saturated carbocycles.